The second-order valence-electron chi connectivity index (χ2n) is 3.83. The van der Waals surface area contributed by atoms with Gasteiger partial charge in [-0.1, -0.05) is 11.6 Å². The number of benzene rings is 1. The number of halogens is 1. The lowest BCUT2D eigenvalue weighted by Gasteiger charge is -2.10. The van der Waals surface area contributed by atoms with E-state index in [9.17, 15) is 4.79 Å². The average Bonchev–Trinajstić information content (AvgIpc) is 2.49. The molecule has 0 saturated heterocycles. The number of anilines is 2. The van der Waals surface area contributed by atoms with Gasteiger partial charge in [-0.2, -0.15) is 5.26 Å². The number of nitrogens with one attached hydrogen (secondary N) is 2. The van der Waals surface area contributed by atoms with Crippen LogP contribution in [0.2, 0.25) is 5.02 Å². The van der Waals surface area contributed by atoms with Crippen molar-refractivity contribution in [2.24, 2.45) is 5.84 Å². The van der Waals surface area contributed by atoms with E-state index >= 15 is 0 Å². The smallest absolute Gasteiger partial charge is 0.259 e. The summed E-state index contributed by atoms with van der Waals surface area (Å²) in [6.07, 6.45) is 2.89. The molecule has 0 aliphatic rings. The first-order chi connectivity index (χ1) is 9.65. The van der Waals surface area contributed by atoms with E-state index < -0.39 is 5.91 Å². The van der Waals surface area contributed by atoms with Crippen molar-refractivity contribution < 1.29 is 4.79 Å². The molecule has 100 valence electrons. The van der Waals surface area contributed by atoms with Gasteiger partial charge in [0.2, 0.25) is 0 Å². The van der Waals surface area contributed by atoms with Gasteiger partial charge in [-0.05, 0) is 24.3 Å². The van der Waals surface area contributed by atoms with Gasteiger partial charge < -0.3 is 10.7 Å². The second kappa shape index (κ2) is 6.02. The first kappa shape index (κ1) is 13.8. The van der Waals surface area contributed by atoms with Crippen LogP contribution in [-0.4, -0.2) is 10.9 Å². The maximum absolute atomic E-state index is 12.2. The largest absolute Gasteiger partial charge is 0.323 e. The van der Waals surface area contributed by atoms with E-state index in [0.29, 0.717) is 22.0 Å². The zero-order chi connectivity index (χ0) is 14.5. The van der Waals surface area contributed by atoms with Crippen molar-refractivity contribution in [3.8, 4) is 6.07 Å². The predicted molar refractivity (Wildman–Crippen MR) is 76.2 cm³/mol. The molecule has 0 unspecified atom stereocenters. The molecule has 2 aromatic rings. The Hall–Kier alpha value is -2.62. The highest BCUT2D eigenvalue weighted by Gasteiger charge is 2.13. The number of hydrogen-bond donors (Lipinski definition) is 3. The molecule has 0 atom stereocenters. The molecule has 6 nitrogen and oxygen atoms in total. The van der Waals surface area contributed by atoms with E-state index in [-0.39, 0.29) is 5.56 Å². The minimum absolute atomic E-state index is 0.272. The maximum atomic E-state index is 12.2. The van der Waals surface area contributed by atoms with Crippen LogP contribution >= 0.6 is 11.6 Å². The van der Waals surface area contributed by atoms with Crippen LogP contribution in [0.3, 0.4) is 0 Å². The van der Waals surface area contributed by atoms with Crippen LogP contribution < -0.4 is 16.6 Å². The molecule has 1 heterocycles. The summed E-state index contributed by atoms with van der Waals surface area (Å²) in [5.41, 5.74) is 3.87. The van der Waals surface area contributed by atoms with Crippen molar-refractivity contribution in [1.29, 1.82) is 5.26 Å². The Morgan fingerprint density at radius 3 is 2.85 bits per heavy atom. The molecule has 1 aromatic carbocycles. The molecular formula is C13H10ClN5O. The monoisotopic (exact) mass is 287 g/mol. The molecule has 4 N–H and O–H groups in total. The van der Waals surface area contributed by atoms with E-state index in [1.165, 1.54) is 18.5 Å². The topological polar surface area (TPSA) is 104 Å². The van der Waals surface area contributed by atoms with Crippen LogP contribution in [-0.2, 0) is 0 Å². The van der Waals surface area contributed by atoms with Crippen LogP contribution in [0.5, 0.6) is 0 Å². The number of pyridine rings is 1. The summed E-state index contributed by atoms with van der Waals surface area (Å²) in [6, 6.07) is 8.15. The molecule has 7 heteroatoms. The van der Waals surface area contributed by atoms with Crippen LogP contribution in [0.1, 0.15) is 15.9 Å². The zero-order valence-corrected chi connectivity index (χ0v) is 11.0. The fourth-order valence-electron chi connectivity index (χ4n) is 1.58. The summed E-state index contributed by atoms with van der Waals surface area (Å²) in [7, 11) is 0. The quantitative estimate of drug-likeness (QED) is 0.593. The third-order valence-electron chi connectivity index (χ3n) is 2.56. The molecule has 0 bridgehead atoms. The van der Waals surface area contributed by atoms with Gasteiger partial charge in [0.05, 0.1) is 33.6 Å². The zero-order valence-electron chi connectivity index (χ0n) is 10.2. The maximum Gasteiger partial charge on any atom is 0.259 e. The Balaban J connectivity index is 2.30. The second-order valence-corrected chi connectivity index (χ2v) is 4.23. The van der Waals surface area contributed by atoms with Crippen molar-refractivity contribution >= 4 is 28.9 Å². The molecule has 0 fully saturated rings. The fourth-order valence-corrected chi connectivity index (χ4v) is 1.75. The van der Waals surface area contributed by atoms with Gasteiger partial charge in [0, 0.05) is 12.4 Å². The Kier molecular flexibility index (Phi) is 4.15. The number of amides is 1. The van der Waals surface area contributed by atoms with Crippen LogP contribution in [0.4, 0.5) is 11.4 Å². The minimum Gasteiger partial charge on any atom is -0.323 e. The molecule has 1 amide bonds. The highest BCUT2D eigenvalue weighted by molar-refractivity contribution is 6.34. The van der Waals surface area contributed by atoms with Crippen LogP contribution in [0, 0.1) is 11.3 Å². The molecule has 0 saturated carbocycles. The van der Waals surface area contributed by atoms with Gasteiger partial charge in [0.15, 0.2) is 0 Å². The average molecular weight is 288 g/mol. The Morgan fingerprint density at radius 1 is 1.35 bits per heavy atom. The number of nitriles is 1. The Labute approximate surface area is 120 Å². The third-order valence-corrected chi connectivity index (χ3v) is 2.89. The Morgan fingerprint density at radius 2 is 2.15 bits per heavy atom. The van der Waals surface area contributed by atoms with Gasteiger partial charge in [0.1, 0.15) is 0 Å². The van der Waals surface area contributed by atoms with Crippen molar-refractivity contribution in [2.75, 3.05) is 10.7 Å². The van der Waals surface area contributed by atoms with Crippen molar-refractivity contribution in [2.45, 2.75) is 0 Å². The Bertz CT molecular complexity index is 695. The molecular weight excluding hydrogens is 278 g/mol. The van der Waals surface area contributed by atoms with Gasteiger partial charge in [-0.15, -0.1) is 0 Å². The normalized spacial score (nSPS) is 9.65. The minimum atomic E-state index is -0.428. The number of nitrogen functional groups attached to an aromatic ring is 1. The number of hydrogen-bond acceptors (Lipinski definition) is 5. The van der Waals surface area contributed by atoms with Gasteiger partial charge in [-0.25, -0.2) is 0 Å². The predicted octanol–water partition coefficient (Wildman–Crippen LogP) is 2.14. The fraction of sp³-hybridized carbons (Fsp3) is 0. The molecule has 1 aromatic heterocycles. The highest BCUT2D eigenvalue weighted by Crippen LogP contribution is 2.24. The van der Waals surface area contributed by atoms with E-state index in [2.05, 4.69) is 15.7 Å². The molecule has 20 heavy (non-hydrogen) atoms. The first-order valence-electron chi connectivity index (χ1n) is 5.57. The van der Waals surface area contributed by atoms with Gasteiger partial charge >= 0.3 is 0 Å². The summed E-state index contributed by atoms with van der Waals surface area (Å²) in [5.74, 6) is 4.90. The van der Waals surface area contributed by atoms with E-state index in [1.54, 1.807) is 18.2 Å². The van der Waals surface area contributed by atoms with Crippen molar-refractivity contribution in [3.05, 3.63) is 52.8 Å². The number of carbonyl (C=O) groups excluding carboxylic acids is 1. The van der Waals surface area contributed by atoms with Crippen LogP contribution in [0.15, 0.2) is 36.7 Å². The standard InChI is InChI=1S/C13H10ClN5O/c14-10-2-1-8(6-15)5-12(10)18-13(20)9-7-17-4-3-11(9)19-16/h1-5,7H,16H2,(H,17,19)(H,18,20). The third kappa shape index (κ3) is 2.85. The van der Waals surface area contributed by atoms with Crippen molar-refractivity contribution in [1.82, 2.24) is 4.98 Å². The number of rotatable bonds is 3. The lowest BCUT2D eigenvalue weighted by molar-refractivity contribution is 0.102. The summed E-state index contributed by atoms with van der Waals surface area (Å²) in [4.78, 5) is 16.0. The first-order valence-corrected chi connectivity index (χ1v) is 5.95. The number of aromatic nitrogens is 1. The lowest BCUT2D eigenvalue weighted by Crippen LogP contribution is -2.17. The molecule has 0 aliphatic heterocycles. The van der Waals surface area contributed by atoms with E-state index in [1.807, 2.05) is 6.07 Å². The molecule has 2 rings (SSSR count). The SMILES string of the molecule is N#Cc1ccc(Cl)c(NC(=O)c2cnccc2NN)c1. The summed E-state index contributed by atoms with van der Waals surface area (Å²) in [5, 5.41) is 11.8. The van der Waals surface area contributed by atoms with Gasteiger partial charge in [-0.3, -0.25) is 15.6 Å². The van der Waals surface area contributed by atoms with Gasteiger partial charge in [0.25, 0.3) is 5.91 Å². The summed E-state index contributed by atoms with van der Waals surface area (Å²) in [6.45, 7) is 0. The highest BCUT2D eigenvalue weighted by atomic mass is 35.5. The molecule has 0 spiro atoms. The van der Waals surface area contributed by atoms with Crippen LogP contribution in [0.25, 0.3) is 0 Å². The lowest BCUT2D eigenvalue weighted by atomic mass is 10.2. The number of hydrazine groups is 1. The van der Waals surface area contributed by atoms with E-state index in [0.717, 1.165) is 0 Å². The number of carbonyl (C=O) groups is 1. The molecule has 0 aliphatic carbocycles. The number of nitrogens with two attached hydrogens (primary N) is 1. The molecule has 0 radical (unpaired) electrons. The summed E-state index contributed by atoms with van der Waals surface area (Å²) < 4.78 is 0. The van der Waals surface area contributed by atoms with E-state index in [4.69, 9.17) is 22.7 Å². The van der Waals surface area contributed by atoms with Crippen molar-refractivity contribution in [3.63, 3.8) is 0 Å². The summed E-state index contributed by atoms with van der Waals surface area (Å²) >= 11 is 5.98. The number of nitrogens with zero attached hydrogens (tertiary/aromatic N) is 2.